The predicted octanol–water partition coefficient (Wildman–Crippen LogP) is 3.80. The van der Waals surface area contributed by atoms with Gasteiger partial charge in [0.25, 0.3) is 5.91 Å². The van der Waals surface area contributed by atoms with Crippen molar-refractivity contribution in [2.45, 2.75) is 13.0 Å². The molecule has 0 aliphatic heterocycles. The van der Waals surface area contributed by atoms with Crippen LogP contribution in [-0.4, -0.2) is 18.0 Å². The molecule has 0 aliphatic carbocycles. The largest absolute Gasteiger partial charge is 0.449 e. The van der Waals surface area contributed by atoms with Crippen molar-refractivity contribution in [3.63, 3.8) is 0 Å². The third-order valence-electron chi connectivity index (χ3n) is 2.89. The molecule has 0 saturated carbocycles. The fraction of sp³-hybridized carbons (Fsp3) is 0.125. The molecular weight excluding hydrogens is 328 g/mol. The van der Waals surface area contributed by atoms with Crippen molar-refractivity contribution in [2.75, 3.05) is 5.32 Å². The minimum absolute atomic E-state index is 0.162. The summed E-state index contributed by atoms with van der Waals surface area (Å²) in [6, 6.07) is 8.65. The summed E-state index contributed by atoms with van der Waals surface area (Å²) in [5, 5.41) is 2.55. The fourth-order valence-corrected chi connectivity index (χ4v) is 1.91. The summed E-state index contributed by atoms with van der Waals surface area (Å²) in [5.74, 6) is -3.02. The number of nitrogens with one attached hydrogen (secondary N) is 1. The Balaban J connectivity index is 2.03. The first-order valence-electron chi connectivity index (χ1n) is 6.59. The van der Waals surface area contributed by atoms with Gasteiger partial charge in [0, 0.05) is 10.7 Å². The van der Waals surface area contributed by atoms with Gasteiger partial charge in [0.2, 0.25) is 0 Å². The monoisotopic (exact) mass is 339 g/mol. The third kappa shape index (κ3) is 4.50. The van der Waals surface area contributed by atoms with E-state index < -0.39 is 29.6 Å². The molecule has 0 radical (unpaired) electrons. The summed E-state index contributed by atoms with van der Waals surface area (Å²) in [5.41, 5.74) is -0.158. The SMILES string of the molecule is C[C@H](OC(=O)c1cc(Cl)ccc1F)C(=O)Nc1cccc(F)c1. The number of ether oxygens (including phenoxy) is 1. The molecule has 0 bridgehead atoms. The van der Waals surface area contributed by atoms with Crippen LogP contribution in [0, 0.1) is 11.6 Å². The van der Waals surface area contributed by atoms with Crippen LogP contribution in [0.1, 0.15) is 17.3 Å². The van der Waals surface area contributed by atoms with Crippen molar-refractivity contribution in [3.8, 4) is 0 Å². The van der Waals surface area contributed by atoms with Gasteiger partial charge in [-0.3, -0.25) is 4.79 Å². The van der Waals surface area contributed by atoms with Crippen molar-refractivity contribution in [1.29, 1.82) is 0 Å². The molecule has 1 amide bonds. The summed E-state index contributed by atoms with van der Waals surface area (Å²) in [6.45, 7) is 1.31. The van der Waals surface area contributed by atoms with Gasteiger partial charge in [0.1, 0.15) is 11.6 Å². The highest BCUT2D eigenvalue weighted by atomic mass is 35.5. The quantitative estimate of drug-likeness (QED) is 0.862. The van der Waals surface area contributed by atoms with Crippen LogP contribution in [0.3, 0.4) is 0 Å². The number of halogens is 3. The molecule has 2 aromatic carbocycles. The van der Waals surface area contributed by atoms with Crippen LogP contribution in [0.4, 0.5) is 14.5 Å². The number of benzene rings is 2. The van der Waals surface area contributed by atoms with Gasteiger partial charge < -0.3 is 10.1 Å². The molecular formula is C16H12ClF2NO3. The number of rotatable bonds is 4. The molecule has 0 saturated heterocycles. The Hall–Kier alpha value is -2.47. The van der Waals surface area contributed by atoms with Gasteiger partial charge in [-0.15, -0.1) is 0 Å². The lowest BCUT2D eigenvalue weighted by Crippen LogP contribution is -2.30. The maximum Gasteiger partial charge on any atom is 0.341 e. The average molecular weight is 340 g/mol. The Morgan fingerprint density at radius 2 is 1.91 bits per heavy atom. The van der Waals surface area contributed by atoms with Crippen molar-refractivity contribution in [2.24, 2.45) is 0 Å². The molecule has 0 unspecified atom stereocenters. The summed E-state index contributed by atoms with van der Waals surface area (Å²) >= 11 is 5.69. The van der Waals surface area contributed by atoms with E-state index in [2.05, 4.69) is 5.32 Å². The van der Waals surface area contributed by atoms with Crippen molar-refractivity contribution in [1.82, 2.24) is 0 Å². The minimum atomic E-state index is -1.20. The van der Waals surface area contributed by atoms with Gasteiger partial charge in [-0.1, -0.05) is 17.7 Å². The van der Waals surface area contributed by atoms with E-state index in [4.69, 9.17) is 16.3 Å². The van der Waals surface area contributed by atoms with Crippen LogP contribution >= 0.6 is 11.6 Å². The zero-order valence-electron chi connectivity index (χ0n) is 12.0. The molecule has 4 nitrogen and oxygen atoms in total. The molecule has 0 spiro atoms. The van der Waals surface area contributed by atoms with Gasteiger partial charge in [-0.25, -0.2) is 13.6 Å². The summed E-state index contributed by atoms with van der Waals surface area (Å²) in [6.07, 6.45) is -1.20. The van der Waals surface area contributed by atoms with Crippen LogP contribution in [-0.2, 0) is 9.53 Å². The standard InChI is InChI=1S/C16H12ClF2NO3/c1-9(15(21)20-12-4-2-3-11(18)8-12)23-16(22)13-7-10(17)5-6-14(13)19/h2-9H,1H3,(H,20,21)/t9-/m0/s1. The second kappa shape index (κ2) is 7.19. The van der Waals surface area contributed by atoms with Crippen molar-refractivity contribution >= 4 is 29.2 Å². The van der Waals surface area contributed by atoms with E-state index in [-0.39, 0.29) is 16.3 Å². The van der Waals surface area contributed by atoms with E-state index in [0.29, 0.717) is 0 Å². The average Bonchev–Trinajstić information content (AvgIpc) is 2.49. The molecule has 7 heteroatoms. The number of amides is 1. The summed E-state index contributed by atoms with van der Waals surface area (Å²) in [4.78, 5) is 23.8. The lowest BCUT2D eigenvalue weighted by molar-refractivity contribution is -0.123. The molecule has 0 fully saturated rings. The van der Waals surface area contributed by atoms with Gasteiger partial charge >= 0.3 is 5.97 Å². The van der Waals surface area contributed by atoms with Crippen LogP contribution in [0.15, 0.2) is 42.5 Å². The van der Waals surface area contributed by atoms with Gasteiger partial charge in [0.15, 0.2) is 6.10 Å². The minimum Gasteiger partial charge on any atom is -0.449 e. The van der Waals surface area contributed by atoms with Crippen molar-refractivity contribution in [3.05, 3.63) is 64.7 Å². The Morgan fingerprint density at radius 3 is 2.61 bits per heavy atom. The predicted molar refractivity (Wildman–Crippen MR) is 81.3 cm³/mol. The highest BCUT2D eigenvalue weighted by Crippen LogP contribution is 2.17. The van der Waals surface area contributed by atoms with Crippen molar-refractivity contribution < 1.29 is 23.1 Å². The van der Waals surface area contributed by atoms with Crippen LogP contribution in [0.5, 0.6) is 0 Å². The van der Waals surface area contributed by atoms with E-state index in [1.54, 1.807) is 0 Å². The topological polar surface area (TPSA) is 55.4 Å². The highest BCUT2D eigenvalue weighted by molar-refractivity contribution is 6.30. The first-order valence-corrected chi connectivity index (χ1v) is 6.97. The molecule has 0 heterocycles. The Bertz CT molecular complexity index is 752. The first-order chi connectivity index (χ1) is 10.9. The number of anilines is 1. The second-order valence-corrected chi connectivity index (χ2v) is 5.11. The van der Waals surface area contributed by atoms with Crippen LogP contribution < -0.4 is 5.32 Å². The Kier molecular flexibility index (Phi) is 5.28. The second-order valence-electron chi connectivity index (χ2n) is 4.67. The molecule has 2 rings (SSSR count). The van der Waals surface area contributed by atoms with E-state index in [1.165, 1.54) is 31.2 Å². The zero-order valence-corrected chi connectivity index (χ0v) is 12.7. The molecule has 120 valence electrons. The maximum atomic E-state index is 13.6. The lowest BCUT2D eigenvalue weighted by atomic mass is 10.2. The summed E-state index contributed by atoms with van der Waals surface area (Å²) < 4.78 is 31.5. The molecule has 0 aromatic heterocycles. The summed E-state index contributed by atoms with van der Waals surface area (Å²) in [7, 11) is 0. The van der Waals surface area contributed by atoms with Gasteiger partial charge in [-0.2, -0.15) is 0 Å². The molecule has 0 aliphatic rings. The van der Waals surface area contributed by atoms with Gasteiger partial charge in [-0.05, 0) is 43.3 Å². The van der Waals surface area contributed by atoms with E-state index in [9.17, 15) is 18.4 Å². The first kappa shape index (κ1) is 16.9. The zero-order chi connectivity index (χ0) is 17.0. The Labute approximate surface area is 136 Å². The Morgan fingerprint density at radius 1 is 1.17 bits per heavy atom. The number of esters is 1. The number of hydrogen-bond acceptors (Lipinski definition) is 3. The lowest BCUT2D eigenvalue weighted by Gasteiger charge is -2.14. The molecule has 23 heavy (non-hydrogen) atoms. The molecule has 1 N–H and O–H groups in total. The fourth-order valence-electron chi connectivity index (χ4n) is 1.74. The van der Waals surface area contributed by atoms with Crippen LogP contribution in [0.2, 0.25) is 5.02 Å². The van der Waals surface area contributed by atoms with E-state index >= 15 is 0 Å². The molecule has 2 aromatic rings. The van der Waals surface area contributed by atoms with Gasteiger partial charge in [0.05, 0.1) is 5.56 Å². The normalized spacial score (nSPS) is 11.7. The smallest absolute Gasteiger partial charge is 0.341 e. The van der Waals surface area contributed by atoms with Crippen LogP contribution in [0.25, 0.3) is 0 Å². The van der Waals surface area contributed by atoms with E-state index in [1.807, 2.05) is 0 Å². The number of hydrogen-bond donors (Lipinski definition) is 1. The third-order valence-corrected chi connectivity index (χ3v) is 3.13. The molecule has 1 atom stereocenters. The number of carbonyl (C=O) groups excluding carboxylic acids is 2. The number of carbonyl (C=O) groups is 2. The highest BCUT2D eigenvalue weighted by Gasteiger charge is 2.21. The van der Waals surface area contributed by atoms with E-state index in [0.717, 1.165) is 18.2 Å². The maximum absolute atomic E-state index is 13.6.